The summed E-state index contributed by atoms with van der Waals surface area (Å²) < 4.78 is 75.1. The predicted molar refractivity (Wildman–Crippen MR) is 509 cm³/mol. The number of rotatable bonds is 13. The van der Waals surface area contributed by atoms with Crippen molar-refractivity contribution in [3.8, 4) is 0 Å². The maximum Gasteiger partial charge on any atom is 0.108 e. The molecule has 0 N–H and O–H groups in total. The lowest BCUT2D eigenvalue weighted by atomic mass is 9.84. The van der Waals surface area contributed by atoms with E-state index in [1.807, 2.05) is 242 Å². The summed E-state index contributed by atoms with van der Waals surface area (Å²) in [5, 5.41) is 0. The van der Waals surface area contributed by atoms with Crippen LogP contribution in [-0.2, 0) is 0 Å². The van der Waals surface area contributed by atoms with Gasteiger partial charge in [0.15, 0.2) is 0 Å². The maximum absolute atomic E-state index is 8.43. The number of aryl methyl sites for hydroxylation is 5. The average molecular weight is 1600 g/mol. The summed E-state index contributed by atoms with van der Waals surface area (Å²) in [5.41, 5.74) is 27.4. The molecule has 0 radical (unpaired) electrons. The largest absolute Gasteiger partial charge is 0.356 e. The molecule has 4 saturated carbocycles. The highest BCUT2D eigenvalue weighted by Gasteiger charge is 2.45. The second kappa shape index (κ2) is 38.8. The molecule has 0 aromatic heterocycles. The molecule has 624 valence electrons. The van der Waals surface area contributed by atoms with Gasteiger partial charge in [-0.05, 0) is 267 Å². The summed E-state index contributed by atoms with van der Waals surface area (Å²) in [4.78, 5) is 22.5. The maximum atomic E-state index is 8.43. The van der Waals surface area contributed by atoms with Crippen molar-refractivity contribution < 1.29 is 12.3 Å². The van der Waals surface area contributed by atoms with Gasteiger partial charge in [-0.2, -0.15) is 0 Å². The SMILES string of the molecule is CC1=C(C)N(c2ccccc2C)C(C2CCCCC2)N1C.CC1=C(C2CCCCC2)N(C)C(C2CCCCC2)N1c1ccccc1C.[2H]C([2H])([2H])C1N(c2ccccc2)C(C)=C(C)N1c1ccccc1C.[2H]C([2H])([2H])C1N(c2ccccc2)C(C2CCCC2)=C(C)N1c1ccccc1C.[2H]C([2H])([2H])C1N(c2ccccc2)C(c2ccccc2)=C(C)N1c1ccccc1C. The molecule has 10 nitrogen and oxygen atoms in total. The van der Waals surface area contributed by atoms with Crippen LogP contribution in [0, 0.1) is 58.3 Å². The lowest BCUT2D eigenvalue weighted by molar-refractivity contribution is 0.177. The molecule has 9 aromatic rings. The molecule has 5 unspecified atom stereocenters. The van der Waals surface area contributed by atoms with Crippen molar-refractivity contribution in [1.29, 1.82) is 0 Å². The fourth-order valence-corrected chi connectivity index (χ4v) is 21.1. The highest BCUT2D eigenvalue weighted by atomic mass is 15.5. The Labute approximate surface area is 730 Å². The third-order valence-corrected chi connectivity index (χ3v) is 27.4. The van der Waals surface area contributed by atoms with E-state index in [1.165, 1.54) is 154 Å². The highest BCUT2D eigenvalue weighted by Crippen LogP contribution is 2.50. The molecule has 0 amide bonds. The van der Waals surface area contributed by atoms with E-state index in [0.29, 0.717) is 18.2 Å². The molecule has 0 spiro atoms. The number of anilines is 8. The van der Waals surface area contributed by atoms with E-state index < -0.39 is 39.1 Å². The fourth-order valence-electron chi connectivity index (χ4n) is 21.1. The minimum absolute atomic E-state index is 0.416. The first-order valence-electron chi connectivity index (χ1n) is 49.2. The molecular weight excluding hydrogens is 1450 g/mol. The number of hydrogen-bond acceptors (Lipinski definition) is 10. The number of nitrogens with zero attached hydrogens (tertiary/aromatic N) is 10. The van der Waals surface area contributed by atoms with Gasteiger partial charge in [0.25, 0.3) is 0 Å². The van der Waals surface area contributed by atoms with Crippen molar-refractivity contribution in [3.05, 3.63) is 327 Å². The van der Waals surface area contributed by atoms with Crippen LogP contribution >= 0.6 is 0 Å². The molecular formula is C109H138N10. The van der Waals surface area contributed by atoms with Crippen molar-refractivity contribution in [2.75, 3.05) is 53.3 Å². The minimum Gasteiger partial charge on any atom is -0.356 e. The quantitative estimate of drug-likeness (QED) is 0.111. The van der Waals surface area contributed by atoms with Gasteiger partial charge < -0.3 is 49.0 Å². The molecule has 4 aliphatic carbocycles. The Bertz CT molecular complexity index is 5380. The molecule has 4 fully saturated rings. The Morgan fingerprint density at radius 1 is 0.235 bits per heavy atom. The van der Waals surface area contributed by atoms with Gasteiger partial charge in [-0.1, -0.05) is 247 Å². The lowest BCUT2D eigenvalue weighted by Crippen LogP contribution is -2.45. The van der Waals surface area contributed by atoms with Crippen LogP contribution in [0.15, 0.2) is 294 Å². The van der Waals surface area contributed by atoms with Crippen LogP contribution in [-0.4, -0.2) is 54.7 Å². The molecule has 10 heteroatoms. The molecule has 5 heterocycles. The van der Waals surface area contributed by atoms with Crippen LogP contribution in [0.4, 0.5) is 45.5 Å². The minimum atomic E-state index is -2.23. The molecule has 0 bridgehead atoms. The van der Waals surface area contributed by atoms with Gasteiger partial charge in [0, 0.05) is 135 Å². The average Bonchev–Trinajstić information content (AvgIpc) is 1.55. The van der Waals surface area contributed by atoms with E-state index in [2.05, 4.69) is 147 Å². The fraction of sp³-hybridized carbons (Fsp3) is 0.413. The Kier molecular flexibility index (Phi) is 24.1. The van der Waals surface area contributed by atoms with Crippen LogP contribution in [0.25, 0.3) is 5.70 Å². The van der Waals surface area contributed by atoms with Crippen LogP contribution < -0.4 is 39.2 Å². The second-order valence-electron chi connectivity index (χ2n) is 34.8. The van der Waals surface area contributed by atoms with E-state index >= 15 is 0 Å². The van der Waals surface area contributed by atoms with E-state index in [0.717, 1.165) is 115 Å². The third kappa shape index (κ3) is 17.8. The molecule has 9 aromatic carbocycles. The van der Waals surface area contributed by atoms with Gasteiger partial charge in [-0.25, -0.2) is 0 Å². The zero-order valence-corrected chi connectivity index (χ0v) is 73.7. The monoisotopic (exact) mass is 1600 g/mol. The Balaban J connectivity index is 0.000000130. The van der Waals surface area contributed by atoms with Gasteiger partial charge in [-0.3, -0.25) is 0 Å². The molecule has 119 heavy (non-hydrogen) atoms. The van der Waals surface area contributed by atoms with Gasteiger partial charge in [0.1, 0.15) is 30.8 Å². The van der Waals surface area contributed by atoms with Crippen molar-refractivity contribution in [1.82, 2.24) is 9.80 Å². The van der Waals surface area contributed by atoms with Crippen LogP contribution in [0.5, 0.6) is 0 Å². The molecule has 5 aliphatic heterocycles. The van der Waals surface area contributed by atoms with Gasteiger partial charge in [0.05, 0.1) is 5.70 Å². The van der Waals surface area contributed by atoms with E-state index in [4.69, 9.17) is 12.3 Å². The summed E-state index contributed by atoms with van der Waals surface area (Å²) in [6.07, 6.45) is 24.4. The van der Waals surface area contributed by atoms with Gasteiger partial charge >= 0.3 is 0 Å². The van der Waals surface area contributed by atoms with Crippen molar-refractivity contribution >= 4 is 51.2 Å². The first-order chi connectivity index (χ1) is 61.4. The van der Waals surface area contributed by atoms with Crippen molar-refractivity contribution in [2.24, 2.45) is 23.7 Å². The van der Waals surface area contributed by atoms with Crippen molar-refractivity contribution in [2.45, 2.75) is 256 Å². The zero-order chi connectivity index (χ0) is 91.0. The summed E-state index contributed by atoms with van der Waals surface area (Å²) in [5.74, 6) is 2.77. The number of benzene rings is 9. The van der Waals surface area contributed by atoms with Gasteiger partial charge in [-0.15, -0.1) is 0 Å². The standard InChI is InChI=1S/C24H36N2.C24H24N2.C23H28N2.C19H28N2.C19H22N2/c1-18-12-10-11-17-22(18)26-19(2)23(20-13-6-4-7-14-20)25(3)24(26)21-15-8-5-9-16-21;1-18-12-10-11-17-23(18)25-19(2)24(21-13-6-4-7-14-21)26(20(25)3)22-15-8-5-9-16-22;1-17-11-7-10-16-22(17)24-18(2)23(20-12-8-9-13-20)25(19(24)3)21-14-5-4-6-15-21;1-14-10-8-9-13-18(14)21-16(3)15(2)20(4)19(21)17-11-6-5-7-12-17;1-14-10-8-9-13-19(14)21-16(3)15(2)20(17(21)4)18-11-6-5-7-12-18/h10-12,17,20-21,24H,4-9,13-16H2,1-3H3;4-17,20H,1-3H3;4-7,10-11,14-16,19-20H,8-9,12-13H2,1-3H3;8-10,13,17,19H,5-7,11-12H2,1-4H3;5-13,17H,1-4H3/i;2*3D3;;4D3. The smallest absolute Gasteiger partial charge is 0.108 e. The first kappa shape index (κ1) is 73.8. The Hall–Kier alpha value is -10.3. The normalized spacial score (nSPS) is 22.9. The summed E-state index contributed by atoms with van der Waals surface area (Å²) in [6.45, 7) is 19.1. The van der Waals surface area contributed by atoms with E-state index in [-0.39, 0.29) is 0 Å². The summed E-state index contributed by atoms with van der Waals surface area (Å²) in [6, 6.07) is 81.3. The lowest BCUT2D eigenvalue weighted by Gasteiger charge is -2.41. The molecule has 0 saturated heterocycles. The molecule has 18 rings (SSSR count). The van der Waals surface area contributed by atoms with Crippen molar-refractivity contribution in [3.63, 3.8) is 0 Å². The number of para-hydroxylation sites is 8. The Morgan fingerprint density at radius 2 is 0.513 bits per heavy atom. The summed E-state index contributed by atoms with van der Waals surface area (Å²) in [7, 11) is 4.67. The second-order valence-corrected chi connectivity index (χ2v) is 34.8. The third-order valence-electron chi connectivity index (χ3n) is 27.4. The zero-order valence-electron chi connectivity index (χ0n) is 82.7. The van der Waals surface area contributed by atoms with Crippen LogP contribution in [0.1, 0.15) is 237 Å². The predicted octanol–water partition coefficient (Wildman–Crippen LogP) is 28.4. The topological polar surface area (TPSA) is 32.4 Å². The van der Waals surface area contributed by atoms with Crippen LogP contribution in [0.2, 0.25) is 0 Å². The molecule has 9 aliphatic rings. The van der Waals surface area contributed by atoms with Crippen LogP contribution in [0.3, 0.4) is 0 Å². The van der Waals surface area contributed by atoms with E-state index in [1.54, 1.807) is 5.70 Å². The first-order valence-corrected chi connectivity index (χ1v) is 44.7. The number of hydrogen-bond donors (Lipinski definition) is 0. The molecule has 5 atom stereocenters. The highest BCUT2D eigenvalue weighted by molar-refractivity contribution is 5.89. The Morgan fingerprint density at radius 3 is 0.924 bits per heavy atom. The number of allylic oxidation sites excluding steroid dienone is 9. The van der Waals surface area contributed by atoms with Gasteiger partial charge in [0.2, 0.25) is 0 Å². The van der Waals surface area contributed by atoms with E-state index in [9.17, 15) is 0 Å². The summed E-state index contributed by atoms with van der Waals surface area (Å²) >= 11 is 0.